The molecule has 1 saturated heterocycles. The average molecular weight is 402 g/mol. The van der Waals surface area contributed by atoms with Gasteiger partial charge in [0.2, 0.25) is 5.91 Å². The molecule has 144 valence electrons. The molecule has 0 saturated carbocycles. The Bertz CT molecular complexity index is 750. The van der Waals surface area contributed by atoms with E-state index in [0.717, 1.165) is 0 Å². The summed E-state index contributed by atoms with van der Waals surface area (Å²) >= 11 is 5.83. The van der Waals surface area contributed by atoms with Gasteiger partial charge in [0.05, 0.1) is 11.5 Å². The number of nitrogens with one attached hydrogen (secondary N) is 3. The van der Waals surface area contributed by atoms with E-state index < -0.39 is 28.0 Å². The lowest BCUT2D eigenvalue weighted by Crippen LogP contribution is -2.51. The Morgan fingerprint density at radius 1 is 1.23 bits per heavy atom. The van der Waals surface area contributed by atoms with Crippen molar-refractivity contribution in [2.24, 2.45) is 5.92 Å². The minimum atomic E-state index is -3.08. The number of halogens is 1. The quantitative estimate of drug-likeness (QED) is 0.679. The van der Waals surface area contributed by atoms with Gasteiger partial charge >= 0.3 is 6.03 Å². The first kappa shape index (κ1) is 20.5. The summed E-state index contributed by atoms with van der Waals surface area (Å²) in [6.07, 6.45) is 0.845. The number of urea groups is 1. The second-order valence-corrected chi connectivity index (χ2v) is 9.56. The van der Waals surface area contributed by atoms with E-state index in [4.69, 9.17) is 11.6 Å². The highest BCUT2D eigenvalue weighted by molar-refractivity contribution is 7.91. The molecule has 9 heteroatoms. The SMILES string of the molecule is CC(C)C[C@H](NC(=O)N[C@@H]1CCS(=O)(=O)C1)C(=O)Nc1ccc(Cl)cc1. The molecule has 0 unspecified atom stereocenters. The van der Waals surface area contributed by atoms with Crippen LogP contribution in [0, 0.1) is 5.92 Å². The Balaban J connectivity index is 1.96. The van der Waals surface area contributed by atoms with E-state index in [1.165, 1.54) is 0 Å². The largest absolute Gasteiger partial charge is 0.334 e. The van der Waals surface area contributed by atoms with Gasteiger partial charge in [0, 0.05) is 16.8 Å². The summed E-state index contributed by atoms with van der Waals surface area (Å²) in [5, 5.41) is 8.60. The number of hydrogen-bond donors (Lipinski definition) is 3. The topological polar surface area (TPSA) is 104 Å². The van der Waals surface area contributed by atoms with E-state index in [2.05, 4.69) is 16.0 Å². The third-order valence-electron chi connectivity index (χ3n) is 4.01. The first-order chi connectivity index (χ1) is 12.1. The normalized spacial score (nSPS) is 19.8. The van der Waals surface area contributed by atoms with Crippen LogP contribution in [-0.4, -0.2) is 43.9 Å². The van der Waals surface area contributed by atoms with Crippen LogP contribution < -0.4 is 16.0 Å². The van der Waals surface area contributed by atoms with Crippen LogP contribution in [-0.2, 0) is 14.6 Å². The third-order valence-corrected chi connectivity index (χ3v) is 6.03. The summed E-state index contributed by atoms with van der Waals surface area (Å²) in [6.45, 7) is 3.90. The predicted molar refractivity (Wildman–Crippen MR) is 102 cm³/mol. The zero-order valence-corrected chi connectivity index (χ0v) is 16.4. The summed E-state index contributed by atoms with van der Waals surface area (Å²) < 4.78 is 23.0. The van der Waals surface area contributed by atoms with Crippen LogP contribution in [0.4, 0.5) is 10.5 Å². The molecule has 0 aromatic heterocycles. The molecule has 3 amide bonds. The van der Waals surface area contributed by atoms with Crippen LogP contribution in [0.3, 0.4) is 0 Å². The Labute approximate surface area is 158 Å². The highest BCUT2D eigenvalue weighted by Gasteiger charge is 2.30. The van der Waals surface area contributed by atoms with E-state index in [1.807, 2.05) is 13.8 Å². The Hall–Kier alpha value is -1.80. The molecule has 26 heavy (non-hydrogen) atoms. The molecule has 1 fully saturated rings. The molecule has 2 rings (SSSR count). The smallest absolute Gasteiger partial charge is 0.315 e. The minimum Gasteiger partial charge on any atom is -0.334 e. The zero-order valence-electron chi connectivity index (χ0n) is 14.8. The van der Waals surface area contributed by atoms with E-state index in [9.17, 15) is 18.0 Å². The molecule has 0 bridgehead atoms. The number of carbonyl (C=O) groups is 2. The molecule has 0 spiro atoms. The van der Waals surface area contributed by atoms with Crippen LogP contribution in [0.2, 0.25) is 5.02 Å². The molecule has 3 N–H and O–H groups in total. The van der Waals surface area contributed by atoms with Crippen molar-refractivity contribution < 1.29 is 18.0 Å². The van der Waals surface area contributed by atoms with Crippen LogP contribution >= 0.6 is 11.6 Å². The Morgan fingerprint density at radius 3 is 2.42 bits per heavy atom. The lowest BCUT2D eigenvalue weighted by Gasteiger charge is -2.21. The molecule has 1 aromatic rings. The van der Waals surface area contributed by atoms with Crippen molar-refractivity contribution in [2.75, 3.05) is 16.8 Å². The highest BCUT2D eigenvalue weighted by atomic mass is 35.5. The maximum atomic E-state index is 12.5. The fraction of sp³-hybridized carbons (Fsp3) is 0.529. The first-order valence-corrected chi connectivity index (χ1v) is 10.7. The molecule has 1 heterocycles. The van der Waals surface area contributed by atoms with Crippen LogP contribution in [0.25, 0.3) is 0 Å². The molecule has 1 aliphatic rings. The van der Waals surface area contributed by atoms with Crippen LogP contribution in [0.15, 0.2) is 24.3 Å². The van der Waals surface area contributed by atoms with Gasteiger partial charge in [-0.2, -0.15) is 0 Å². The summed E-state index contributed by atoms with van der Waals surface area (Å²) in [6, 6.07) is 4.99. The molecule has 0 radical (unpaired) electrons. The monoisotopic (exact) mass is 401 g/mol. The highest BCUT2D eigenvalue weighted by Crippen LogP contribution is 2.15. The summed E-state index contributed by atoms with van der Waals surface area (Å²) in [5.74, 6) is -0.144. The van der Waals surface area contributed by atoms with E-state index in [-0.39, 0.29) is 23.3 Å². The van der Waals surface area contributed by atoms with Crippen molar-refractivity contribution >= 4 is 39.1 Å². The van der Waals surface area contributed by atoms with Crippen molar-refractivity contribution in [3.8, 4) is 0 Å². The van der Waals surface area contributed by atoms with Gasteiger partial charge in [0.15, 0.2) is 9.84 Å². The number of anilines is 1. The molecule has 0 aliphatic carbocycles. The summed E-state index contributed by atoms with van der Waals surface area (Å²) in [4.78, 5) is 24.7. The van der Waals surface area contributed by atoms with Crippen LogP contribution in [0.5, 0.6) is 0 Å². The molecular formula is C17H24ClN3O4S. The van der Waals surface area contributed by atoms with Gasteiger partial charge in [-0.1, -0.05) is 25.4 Å². The second-order valence-electron chi connectivity index (χ2n) is 6.90. The number of hydrogen-bond acceptors (Lipinski definition) is 4. The standard InChI is InChI=1S/C17H24ClN3O4S/c1-11(2)9-15(16(22)19-13-5-3-12(18)4-6-13)21-17(23)20-14-7-8-26(24,25)10-14/h3-6,11,14-15H,7-10H2,1-2H3,(H,19,22)(H2,20,21,23)/t14-,15+/m1/s1. The van der Waals surface area contributed by atoms with Gasteiger partial charge in [-0.05, 0) is 43.0 Å². The Kier molecular flexibility index (Phi) is 6.88. The lowest BCUT2D eigenvalue weighted by atomic mass is 10.0. The lowest BCUT2D eigenvalue weighted by molar-refractivity contribution is -0.118. The number of benzene rings is 1. The number of amides is 3. The summed E-state index contributed by atoms with van der Waals surface area (Å²) in [7, 11) is -3.08. The van der Waals surface area contributed by atoms with Crippen molar-refractivity contribution in [2.45, 2.75) is 38.8 Å². The van der Waals surface area contributed by atoms with Gasteiger partial charge < -0.3 is 16.0 Å². The van der Waals surface area contributed by atoms with Crippen molar-refractivity contribution in [3.05, 3.63) is 29.3 Å². The van der Waals surface area contributed by atoms with Crippen molar-refractivity contribution in [3.63, 3.8) is 0 Å². The van der Waals surface area contributed by atoms with E-state index in [0.29, 0.717) is 23.6 Å². The number of rotatable bonds is 6. The molecule has 7 nitrogen and oxygen atoms in total. The Morgan fingerprint density at radius 2 is 1.88 bits per heavy atom. The van der Waals surface area contributed by atoms with E-state index >= 15 is 0 Å². The van der Waals surface area contributed by atoms with Crippen LogP contribution in [0.1, 0.15) is 26.7 Å². The van der Waals surface area contributed by atoms with E-state index in [1.54, 1.807) is 24.3 Å². The average Bonchev–Trinajstić information content (AvgIpc) is 2.87. The molecule has 1 aliphatic heterocycles. The van der Waals surface area contributed by atoms with Gasteiger partial charge in [0.1, 0.15) is 6.04 Å². The van der Waals surface area contributed by atoms with Crippen molar-refractivity contribution in [1.29, 1.82) is 0 Å². The van der Waals surface area contributed by atoms with Crippen molar-refractivity contribution in [1.82, 2.24) is 10.6 Å². The maximum Gasteiger partial charge on any atom is 0.315 e. The molecule has 2 atom stereocenters. The predicted octanol–water partition coefficient (Wildman–Crippen LogP) is 2.18. The number of sulfone groups is 1. The van der Waals surface area contributed by atoms with Gasteiger partial charge in [-0.25, -0.2) is 13.2 Å². The number of carbonyl (C=O) groups excluding carboxylic acids is 2. The third kappa shape index (κ3) is 6.49. The fourth-order valence-corrected chi connectivity index (χ4v) is 4.56. The van der Waals surface area contributed by atoms with Gasteiger partial charge in [-0.15, -0.1) is 0 Å². The molecular weight excluding hydrogens is 378 g/mol. The second kappa shape index (κ2) is 8.73. The van der Waals surface area contributed by atoms with Gasteiger partial charge in [0.25, 0.3) is 0 Å². The fourth-order valence-electron chi connectivity index (χ4n) is 2.76. The maximum absolute atomic E-state index is 12.5. The minimum absolute atomic E-state index is 0.0633. The first-order valence-electron chi connectivity index (χ1n) is 8.48. The summed E-state index contributed by atoms with van der Waals surface area (Å²) in [5.41, 5.74) is 0.581. The zero-order chi connectivity index (χ0) is 19.3. The molecule has 1 aromatic carbocycles. The van der Waals surface area contributed by atoms with Gasteiger partial charge in [-0.3, -0.25) is 4.79 Å².